The van der Waals surface area contributed by atoms with Gasteiger partial charge in [-0.25, -0.2) is 9.97 Å². The van der Waals surface area contributed by atoms with E-state index in [1.807, 2.05) is 26.8 Å². The highest BCUT2D eigenvalue weighted by molar-refractivity contribution is 9.10. The number of esters is 1. The van der Waals surface area contributed by atoms with Crippen molar-refractivity contribution in [1.82, 2.24) is 9.97 Å². The van der Waals surface area contributed by atoms with Crippen molar-refractivity contribution in [2.75, 3.05) is 5.75 Å². The Balaban J connectivity index is 2.74. The second-order valence-electron chi connectivity index (χ2n) is 6.48. The van der Waals surface area contributed by atoms with Gasteiger partial charge in [0.05, 0.1) is 5.75 Å². The molecule has 0 aromatic carbocycles. The fourth-order valence-corrected chi connectivity index (χ4v) is 2.52. The molecule has 6 heteroatoms. The van der Waals surface area contributed by atoms with E-state index in [4.69, 9.17) is 4.74 Å². The summed E-state index contributed by atoms with van der Waals surface area (Å²) in [7, 11) is 0. The van der Waals surface area contributed by atoms with E-state index in [-0.39, 0.29) is 17.1 Å². The molecule has 4 nitrogen and oxygen atoms in total. The van der Waals surface area contributed by atoms with Crippen LogP contribution < -0.4 is 0 Å². The largest absolute Gasteiger partial charge is 0.459 e. The number of hydrogen-bond acceptors (Lipinski definition) is 5. The predicted molar refractivity (Wildman–Crippen MR) is 85.0 cm³/mol. The maximum absolute atomic E-state index is 11.7. The first-order valence-electron chi connectivity index (χ1n) is 6.37. The molecule has 0 atom stereocenters. The number of hydrogen-bond donors (Lipinski definition) is 0. The van der Waals surface area contributed by atoms with Crippen molar-refractivity contribution in [1.29, 1.82) is 0 Å². The minimum atomic E-state index is -0.458. The normalized spacial score (nSPS) is 12.3. The highest BCUT2D eigenvalue weighted by Crippen LogP contribution is 2.25. The number of carbonyl (C=O) groups excluding carboxylic acids is 1. The van der Waals surface area contributed by atoms with Gasteiger partial charge in [0, 0.05) is 11.5 Å². The Morgan fingerprint density at radius 3 is 2.35 bits per heavy atom. The molecule has 112 valence electrons. The topological polar surface area (TPSA) is 52.1 Å². The van der Waals surface area contributed by atoms with Crippen LogP contribution in [0.3, 0.4) is 0 Å². The van der Waals surface area contributed by atoms with Crippen molar-refractivity contribution >= 4 is 33.7 Å². The van der Waals surface area contributed by atoms with Crippen LogP contribution in [0.4, 0.5) is 0 Å². The molecular formula is C14H21BrN2O2S. The van der Waals surface area contributed by atoms with Gasteiger partial charge in [-0.15, -0.1) is 0 Å². The summed E-state index contributed by atoms with van der Waals surface area (Å²) in [5.41, 5.74) is -0.592. The molecule has 0 aliphatic carbocycles. The first kappa shape index (κ1) is 17.4. The molecule has 0 amide bonds. The van der Waals surface area contributed by atoms with E-state index in [0.29, 0.717) is 0 Å². The van der Waals surface area contributed by atoms with Crippen LogP contribution in [0.5, 0.6) is 0 Å². The average molecular weight is 361 g/mol. The van der Waals surface area contributed by atoms with Crippen molar-refractivity contribution in [3.8, 4) is 0 Å². The van der Waals surface area contributed by atoms with E-state index >= 15 is 0 Å². The van der Waals surface area contributed by atoms with Gasteiger partial charge in [-0.1, -0.05) is 32.5 Å². The molecule has 1 aromatic rings. The summed E-state index contributed by atoms with van der Waals surface area (Å²) in [6.45, 7) is 11.7. The standard InChI is InChI=1S/C14H21BrN2O2S/c1-13(2,3)12-16-9(15)7-10(17-12)20-8-11(18)19-14(4,5)6/h7H,8H2,1-6H3. The van der Waals surface area contributed by atoms with E-state index in [0.717, 1.165) is 15.5 Å². The van der Waals surface area contributed by atoms with Gasteiger partial charge in [0.2, 0.25) is 0 Å². The Morgan fingerprint density at radius 2 is 1.85 bits per heavy atom. The Morgan fingerprint density at radius 1 is 1.25 bits per heavy atom. The zero-order valence-electron chi connectivity index (χ0n) is 12.8. The van der Waals surface area contributed by atoms with E-state index < -0.39 is 5.60 Å². The van der Waals surface area contributed by atoms with Gasteiger partial charge in [-0.05, 0) is 36.7 Å². The van der Waals surface area contributed by atoms with Crippen LogP contribution in [0.15, 0.2) is 15.7 Å². The zero-order valence-corrected chi connectivity index (χ0v) is 15.2. The van der Waals surface area contributed by atoms with Gasteiger partial charge in [-0.2, -0.15) is 0 Å². The third kappa shape index (κ3) is 6.22. The molecule has 0 spiro atoms. The molecular weight excluding hydrogens is 340 g/mol. The van der Waals surface area contributed by atoms with Crippen LogP contribution in [0.25, 0.3) is 0 Å². The number of carbonyl (C=O) groups is 1. The van der Waals surface area contributed by atoms with Crippen LogP contribution in [0, 0.1) is 0 Å². The molecule has 0 N–H and O–H groups in total. The summed E-state index contributed by atoms with van der Waals surface area (Å²) >= 11 is 4.74. The maximum Gasteiger partial charge on any atom is 0.316 e. The summed E-state index contributed by atoms with van der Waals surface area (Å²) < 4.78 is 6.00. The van der Waals surface area contributed by atoms with Gasteiger partial charge in [0.1, 0.15) is 21.1 Å². The minimum Gasteiger partial charge on any atom is -0.459 e. The monoisotopic (exact) mass is 360 g/mol. The number of nitrogens with zero attached hydrogens (tertiary/aromatic N) is 2. The second-order valence-corrected chi connectivity index (χ2v) is 8.29. The van der Waals surface area contributed by atoms with E-state index in [1.165, 1.54) is 11.8 Å². The second kappa shape index (κ2) is 6.43. The average Bonchev–Trinajstić information content (AvgIpc) is 2.22. The Labute approximate surface area is 133 Å². The third-order valence-electron chi connectivity index (χ3n) is 2.10. The fourth-order valence-electron chi connectivity index (χ4n) is 1.31. The van der Waals surface area contributed by atoms with Crippen LogP contribution in [-0.2, 0) is 14.9 Å². The summed E-state index contributed by atoms with van der Waals surface area (Å²) in [6.07, 6.45) is 0. The van der Waals surface area contributed by atoms with Crippen molar-refractivity contribution in [2.45, 2.75) is 57.6 Å². The quantitative estimate of drug-likeness (QED) is 0.463. The van der Waals surface area contributed by atoms with Crippen molar-refractivity contribution in [2.24, 2.45) is 0 Å². The maximum atomic E-state index is 11.7. The minimum absolute atomic E-state index is 0.134. The Bertz CT molecular complexity index is 493. The Kier molecular flexibility index (Phi) is 5.61. The molecule has 0 aliphatic rings. The van der Waals surface area contributed by atoms with Crippen LogP contribution in [0.2, 0.25) is 0 Å². The summed E-state index contributed by atoms with van der Waals surface area (Å²) in [6, 6.07) is 1.81. The molecule has 1 aromatic heterocycles. The summed E-state index contributed by atoms with van der Waals surface area (Å²) in [5.74, 6) is 0.748. The van der Waals surface area contributed by atoms with Gasteiger partial charge in [0.15, 0.2) is 0 Å². The molecule has 1 heterocycles. The van der Waals surface area contributed by atoms with Crippen LogP contribution >= 0.6 is 27.7 Å². The summed E-state index contributed by atoms with van der Waals surface area (Å²) in [4.78, 5) is 20.6. The fraction of sp³-hybridized carbons (Fsp3) is 0.643. The van der Waals surface area contributed by atoms with E-state index in [2.05, 4.69) is 46.7 Å². The Hall–Kier alpha value is -0.620. The van der Waals surface area contributed by atoms with E-state index in [1.54, 1.807) is 0 Å². The lowest BCUT2D eigenvalue weighted by Crippen LogP contribution is -2.25. The zero-order chi connectivity index (χ0) is 15.6. The number of ether oxygens (including phenoxy) is 1. The number of aromatic nitrogens is 2. The molecule has 20 heavy (non-hydrogen) atoms. The molecule has 0 unspecified atom stereocenters. The molecule has 0 bridgehead atoms. The highest BCUT2D eigenvalue weighted by atomic mass is 79.9. The third-order valence-corrected chi connectivity index (χ3v) is 3.39. The molecule has 0 aliphatic heterocycles. The molecule has 0 fully saturated rings. The molecule has 1 rings (SSSR count). The van der Waals surface area contributed by atoms with Gasteiger partial charge in [-0.3, -0.25) is 4.79 Å². The molecule has 0 radical (unpaired) electrons. The highest BCUT2D eigenvalue weighted by Gasteiger charge is 2.20. The van der Waals surface area contributed by atoms with Gasteiger partial charge < -0.3 is 4.74 Å². The van der Waals surface area contributed by atoms with Crippen LogP contribution in [-0.4, -0.2) is 27.3 Å². The van der Waals surface area contributed by atoms with Crippen molar-refractivity contribution in [3.05, 3.63) is 16.5 Å². The first-order valence-corrected chi connectivity index (χ1v) is 8.15. The number of halogens is 1. The first-order chi connectivity index (χ1) is 8.97. The lowest BCUT2D eigenvalue weighted by molar-refractivity contribution is -0.151. The van der Waals surface area contributed by atoms with Crippen molar-refractivity contribution < 1.29 is 9.53 Å². The lowest BCUT2D eigenvalue weighted by atomic mass is 9.96. The molecule has 0 saturated heterocycles. The van der Waals surface area contributed by atoms with Crippen LogP contribution in [0.1, 0.15) is 47.4 Å². The van der Waals surface area contributed by atoms with E-state index in [9.17, 15) is 4.79 Å². The number of rotatable bonds is 3. The lowest BCUT2D eigenvalue weighted by Gasteiger charge is -2.19. The molecule has 0 saturated carbocycles. The summed E-state index contributed by atoms with van der Waals surface area (Å²) in [5, 5.41) is 0.766. The van der Waals surface area contributed by atoms with Gasteiger partial charge in [0.25, 0.3) is 0 Å². The van der Waals surface area contributed by atoms with Gasteiger partial charge >= 0.3 is 5.97 Å². The smallest absolute Gasteiger partial charge is 0.316 e. The SMILES string of the molecule is CC(C)(C)OC(=O)CSc1cc(Br)nc(C(C)(C)C)n1. The predicted octanol–water partition coefficient (Wildman–Crippen LogP) is 3.97. The number of thioether (sulfide) groups is 1. The van der Waals surface area contributed by atoms with Crippen molar-refractivity contribution in [3.63, 3.8) is 0 Å².